The summed E-state index contributed by atoms with van der Waals surface area (Å²) in [5.41, 5.74) is -0.167. The molecule has 0 N–H and O–H groups in total. The van der Waals surface area contributed by atoms with Crippen molar-refractivity contribution in [2.45, 2.75) is 4.90 Å². The molecule has 0 aliphatic carbocycles. The van der Waals surface area contributed by atoms with Crippen LogP contribution in [0, 0.1) is 10.1 Å². The van der Waals surface area contributed by atoms with Crippen LogP contribution in [0.4, 0.5) is 5.69 Å². The van der Waals surface area contributed by atoms with E-state index >= 15 is 0 Å². The highest BCUT2D eigenvalue weighted by Gasteiger charge is 2.14. The van der Waals surface area contributed by atoms with E-state index in [1.807, 2.05) is 0 Å². The van der Waals surface area contributed by atoms with E-state index in [2.05, 4.69) is 4.18 Å². The lowest BCUT2D eigenvalue weighted by Crippen LogP contribution is -2.02. The van der Waals surface area contributed by atoms with Crippen LogP contribution in [0.3, 0.4) is 0 Å². The molecule has 0 saturated heterocycles. The minimum absolute atomic E-state index is 0.106. The molecular weight excluding hydrogens is 211 g/mol. The van der Waals surface area contributed by atoms with Gasteiger partial charge >= 0.3 is 0 Å². The molecule has 0 unspecified atom stereocenters. The molecule has 0 bridgehead atoms. The summed E-state index contributed by atoms with van der Waals surface area (Å²) in [4.78, 5) is 9.54. The van der Waals surface area contributed by atoms with Crippen molar-refractivity contribution in [2.75, 3.05) is 7.11 Å². The van der Waals surface area contributed by atoms with Crippen LogP contribution in [0.1, 0.15) is 0 Å². The highest BCUT2D eigenvalue weighted by Crippen LogP contribution is 2.16. The zero-order valence-corrected chi connectivity index (χ0v) is 8.02. The number of hydrogen-bond acceptors (Lipinski definition) is 5. The van der Waals surface area contributed by atoms with Gasteiger partial charge in [-0.2, -0.15) is 8.42 Å². The highest BCUT2D eigenvalue weighted by molar-refractivity contribution is 7.86. The molecule has 0 fully saturated rings. The van der Waals surface area contributed by atoms with Crippen LogP contribution in [0.5, 0.6) is 0 Å². The minimum Gasteiger partial charge on any atom is -0.270 e. The van der Waals surface area contributed by atoms with E-state index in [0.717, 1.165) is 31.4 Å². The third-order valence-corrected chi connectivity index (χ3v) is 2.84. The Labute approximate surface area is 80.4 Å². The average molecular weight is 218 g/mol. The van der Waals surface area contributed by atoms with Crippen LogP contribution in [-0.2, 0) is 14.3 Å². The van der Waals surface area contributed by atoms with Crippen molar-refractivity contribution >= 4 is 15.8 Å². The Bertz CT molecular complexity index is 436. The summed E-state index contributed by atoms with van der Waals surface area (Å²) in [6, 6.07) is 4.45. The third kappa shape index (κ3) is 2.06. The monoisotopic (exact) mass is 218 g/mol. The summed E-state index contributed by atoms with van der Waals surface area (Å²) in [5.74, 6) is 0. The van der Waals surface area contributed by atoms with Gasteiger partial charge in [-0.25, -0.2) is 0 Å². The molecule has 76 valence electrons. The average Bonchev–Trinajstić information content (AvgIpc) is 2.18. The summed E-state index contributed by atoms with van der Waals surface area (Å²) >= 11 is 0. The second kappa shape index (κ2) is 3.72. The summed E-state index contributed by atoms with van der Waals surface area (Å²) in [6.07, 6.45) is 0. The summed E-state index contributed by atoms with van der Waals surface area (Å²) in [7, 11) is -2.74. The molecule has 14 heavy (non-hydrogen) atoms. The molecule has 7 heteroatoms. The van der Waals surface area contributed by atoms with E-state index in [9.17, 15) is 18.5 Å². The molecule has 0 amide bonds. The van der Waals surface area contributed by atoms with Crippen molar-refractivity contribution in [2.24, 2.45) is 0 Å². The summed E-state index contributed by atoms with van der Waals surface area (Å²) in [6.45, 7) is 0. The fourth-order valence-electron chi connectivity index (χ4n) is 0.831. The molecule has 0 saturated carbocycles. The van der Waals surface area contributed by atoms with Crippen molar-refractivity contribution in [3.63, 3.8) is 0 Å². The van der Waals surface area contributed by atoms with Gasteiger partial charge < -0.3 is 0 Å². The fraction of sp³-hybridized carbons (Fsp3) is 0.143. The zero-order valence-electron chi connectivity index (χ0n) is 7.21. The molecule has 0 aromatic heterocycles. The van der Waals surface area contributed by atoms with Gasteiger partial charge in [0, 0.05) is 12.1 Å². The maximum atomic E-state index is 11.1. The van der Waals surface area contributed by atoms with E-state index in [1.165, 1.54) is 0 Å². The predicted octanol–water partition coefficient (Wildman–Crippen LogP) is 0.930. The number of benzene rings is 1. The Kier molecular flexibility index (Phi) is 2.82. The Balaban J connectivity index is 3.12. The molecule has 0 aliphatic rings. The van der Waals surface area contributed by atoms with Crippen molar-refractivity contribution in [1.29, 1.82) is 0 Å². The van der Waals surface area contributed by atoms with Crippen LogP contribution >= 0.6 is 0 Å². The molecular formula is C7H7NO5S. The van der Waals surface area contributed by atoms with Crippen molar-refractivity contribution in [3.8, 4) is 0 Å². The van der Waals surface area contributed by atoms with E-state index in [0.29, 0.717) is 0 Å². The van der Waals surface area contributed by atoms with Gasteiger partial charge in [-0.05, 0) is 12.1 Å². The highest BCUT2D eigenvalue weighted by atomic mass is 32.2. The molecule has 0 heterocycles. The Morgan fingerprint density at radius 2 is 1.79 bits per heavy atom. The second-order valence-corrected chi connectivity index (χ2v) is 4.08. The van der Waals surface area contributed by atoms with Crippen molar-refractivity contribution in [1.82, 2.24) is 0 Å². The topological polar surface area (TPSA) is 86.5 Å². The van der Waals surface area contributed by atoms with Gasteiger partial charge in [0.25, 0.3) is 15.8 Å². The lowest BCUT2D eigenvalue weighted by molar-refractivity contribution is -0.384. The van der Waals surface area contributed by atoms with Gasteiger partial charge in [0.05, 0.1) is 16.9 Å². The smallest absolute Gasteiger partial charge is 0.270 e. The lowest BCUT2D eigenvalue weighted by atomic mass is 10.3. The Hall–Kier alpha value is -1.47. The Morgan fingerprint density at radius 3 is 2.14 bits per heavy atom. The van der Waals surface area contributed by atoms with Crippen LogP contribution in [0.2, 0.25) is 0 Å². The molecule has 6 nitrogen and oxygen atoms in total. The SMILES string of the molecule is [13CH3]OS(=O)(=O)c1ccc([N+](=O)[O-])cc1. The standard InChI is InChI=1S/C7H7NO5S/c1-13-14(11,12)7-4-2-6(3-5-7)8(9)10/h2-5H,1H3/i1+1. The molecule has 1 aromatic rings. The maximum Gasteiger partial charge on any atom is 0.296 e. The van der Waals surface area contributed by atoms with Gasteiger partial charge in [-0.15, -0.1) is 0 Å². The largest absolute Gasteiger partial charge is 0.296 e. The minimum atomic E-state index is -3.76. The summed E-state index contributed by atoms with van der Waals surface area (Å²) in [5, 5.41) is 10.3. The number of non-ortho nitro benzene ring substituents is 1. The number of rotatable bonds is 3. The maximum absolute atomic E-state index is 11.1. The van der Waals surface area contributed by atoms with E-state index in [4.69, 9.17) is 0 Å². The van der Waals surface area contributed by atoms with E-state index in [-0.39, 0.29) is 10.6 Å². The predicted molar refractivity (Wildman–Crippen MR) is 47.3 cm³/mol. The lowest BCUT2D eigenvalue weighted by Gasteiger charge is -1.99. The van der Waals surface area contributed by atoms with Crippen molar-refractivity contribution in [3.05, 3.63) is 34.4 Å². The van der Waals surface area contributed by atoms with Gasteiger partial charge in [0.1, 0.15) is 0 Å². The molecule has 0 atom stereocenters. The quantitative estimate of drug-likeness (QED) is 0.326. The number of hydrogen-bond donors (Lipinski definition) is 0. The van der Waals surface area contributed by atoms with Crippen LogP contribution < -0.4 is 0 Å². The van der Waals surface area contributed by atoms with E-state index < -0.39 is 15.0 Å². The normalized spacial score (nSPS) is 11.2. The van der Waals surface area contributed by atoms with E-state index in [1.54, 1.807) is 0 Å². The number of nitrogens with zero attached hydrogens (tertiary/aromatic N) is 1. The first-order valence-electron chi connectivity index (χ1n) is 3.52. The van der Waals surface area contributed by atoms with Crippen LogP contribution in [-0.4, -0.2) is 20.5 Å². The van der Waals surface area contributed by atoms with Gasteiger partial charge in [-0.1, -0.05) is 0 Å². The molecule has 0 spiro atoms. The first kappa shape index (κ1) is 10.6. The van der Waals surface area contributed by atoms with Crippen LogP contribution in [0.15, 0.2) is 29.2 Å². The molecule has 0 radical (unpaired) electrons. The van der Waals surface area contributed by atoms with Gasteiger partial charge in [-0.3, -0.25) is 14.3 Å². The van der Waals surface area contributed by atoms with Crippen molar-refractivity contribution < 1.29 is 17.5 Å². The summed E-state index contributed by atoms with van der Waals surface area (Å²) < 4.78 is 26.4. The van der Waals surface area contributed by atoms with Gasteiger partial charge in [0.2, 0.25) is 0 Å². The number of nitro benzene ring substituents is 1. The fourth-order valence-corrected chi connectivity index (χ4v) is 1.49. The zero-order chi connectivity index (χ0) is 10.8. The molecule has 1 rings (SSSR count). The second-order valence-electron chi connectivity index (χ2n) is 2.37. The Morgan fingerprint density at radius 1 is 1.29 bits per heavy atom. The van der Waals surface area contributed by atoms with Gasteiger partial charge in [0.15, 0.2) is 0 Å². The molecule has 0 aliphatic heterocycles. The number of nitro groups is 1. The first-order chi connectivity index (χ1) is 6.47. The molecule has 1 aromatic carbocycles. The first-order valence-corrected chi connectivity index (χ1v) is 4.93. The third-order valence-electron chi connectivity index (χ3n) is 1.56. The van der Waals surface area contributed by atoms with Crippen LogP contribution in [0.25, 0.3) is 0 Å².